The summed E-state index contributed by atoms with van der Waals surface area (Å²) in [6, 6.07) is 110. The van der Waals surface area contributed by atoms with Crippen LogP contribution in [0.3, 0.4) is 0 Å². The zero-order valence-electron chi connectivity index (χ0n) is 62.4. The molecule has 11 aromatic carbocycles. The van der Waals surface area contributed by atoms with Crippen molar-refractivity contribution in [2.24, 2.45) is 0 Å². The summed E-state index contributed by atoms with van der Waals surface area (Å²) in [5, 5.41) is 0. The van der Waals surface area contributed by atoms with E-state index in [0.29, 0.717) is 13.2 Å². The van der Waals surface area contributed by atoms with Crippen LogP contribution in [-0.2, 0) is 148 Å². The van der Waals surface area contributed by atoms with Gasteiger partial charge in [0, 0.05) is 0 Å². The van der Waals surface area contributed by atoms with Crippen molar-refractivity contribution in [3.05, 3.63) is 395 Å². The van der Waals surface area contributed by atoms with Crippen LogP contribution in [-0.4, -0.2) is 112 Å². The molecule has 11 aromatic rings. The third kappa shape index (κ3) is 23.0. The molecule has 3 saturated heterocycles. The summed E-state index contributed by atoms with van der Waals surface area (Å²) in [6.45, 7) is 1.90. The number of hydrogen-bond donors (Lipinski definition) is 0. The molecule has 111 heavy (non-hydrogen) atoms. The lowest BCUT2D eigenvalue weighted by molar-refractivity contribution is -0.402. The molecule has 3 heterocycles. The van der Waals surface area contributed by atoms with Gasteiger partial charge in [0.05, 0.1) is 92.5 Å². The molecule has 0 amide bonds. The Labute approximate surface area is 651 Å². The molecule has 16 heteroatoms. The van der Waals surface area contributed by atoms with Crippen LogP contribution in [0, 0.1) is 0 Å². The zero-order valence-corrected chi connectivity index (χ0v) is 62.4. The Balaban J connectivity index is 0.890. The lowest BCUT2D eigenvalue weighted by Gasteiger charge is -2.49. The largest absolute Gasteiger partial charge is 0.374 e. The van der Waals surface area contributed by atoms with E-state index in [-0.39, 0.29) is 85.9 Å². The molecule has 14 atom stereocenters. The predicted octanol–water partition coefficient (Wildman–Crippen LogP) is 16.9. The van der Waals surface area contributed by atoms with Crippen LogP contribution >= 0.6 is 0 Å². The number of hydrogen-bond acceptors (Lipinski definition) is 16. The van der Waals surface area contributed by atoms with Gasteiger partial charge in [-0.25, -0.2) is 0 Å². The van der Waals surface area contributed by atoms with Crippen molar-refractivity contribution in [2.45, 2.75) is 158 Å². The first-order valence-electron chi connectivity index (χ1n) is 38.4. The lowest BCUT2D eigenvalue weighted by Crippen LogP contribution is -2.65. The van der Waals surface area contributed by atoms with Gasteiger partial charge < -0.3 is 75.8 Å². The molecule has 3 fully saturated rings. The highest BCUT2D eigenvalue weighted by Crippen LogP contribution is 2.43. The monoisotopic (exact) mass is 1490 g/mol. The maximum atomic E-state index is 7.99. The second kappa shape index (κ2) is 41.9. The van der Waals surface area contributed by atoms with E-state index in [9.17, 15) is 0 Å². The van der Waals surface area contributed by atoms with Crippen molar-refractivity contribution in [2.75, 3.05) is 26.4 Å². The zero-order chi connectivity index (χ0) is 75.2. The van der Waals surface area contributed by atoms with E-state index < -0.39 is 85.5 Å². The number of ether oxygens (including phenoxy) is 16. The fraction of sp³-hybridized carbons (Fsp3) is 0.305. The van der Waals surface area contributed by atoms with Gasteiger partial charge in [0.1, 0.15) is 73.8 Å². The van der Waals surface area contributed by atoms with Gasteiger partial charge in [0.25, 0.3) is 0 Å². The van der Waals surface area contributed by atoms with Gasteiger partial charge in [0.15, 0.2) is 12.6 Å². The van der Waals surface area contributed by atoms with E-state index >= 15 is 0 Å². The summed E-state index contributed by atoms with van der Waals surface area (Å²) in [5.41, 5.74) is 10.3. The number of benzene rings is 11. The molecular formula is C95H98O16. The molecule has 3 aliphatic heterocycles. The van der Waals surface area contributed by atoms with Gasteiger partial charge in [-0.15, -0.1) is 0 Å². The van der Waals surface area contributed by atoms with E-state index in [2.05, 4.69) is 0 Å². The highest BCUT2D eigenvalue weighted by molar-refractivity contribution is 5.23. The van der Waals surface area contributed by atoms with Crippen molar-refractivity contribution in [1.82, 2.24) is 0 Å². The molecule has 0 aliphatic carbocycles. The first kappa shape index (κ1) is 78.5. The number of rotatable bonds is 41. The van der Waals surface area contributed by atoms with Crippen molar-refractivity contribution in [3.63, 3.8) is 0 Å². The second-order valence-corrected chi connectivity index (χ2v) is 28.0. The summed E-state index contributed by atoms with van der Waals surface area (Å²) in [5.74, 6) is -1.87. The van der Waals surface area contributed by atoms with Crippen LogP contribution in [0.15, 0.2) is 334 Å². The van der Waals surface area contributed by atoms with E-state index in [1.165, 1.54) is 0 Å². The molecular weight excluding hydrogens is 1400 g/mol. The van der Waals surface area contributed by atoms with Crippen LogP contribution < -0.4 is 0 Å². The fourth-order valence-corrected chi connectivity index (χ4v) is 14.1. The molecule has 0 saturated carbocycles. The minimum Gasteiger partial charge on any atom is -0.374 e. The Morgan fingerprint density at radius 1 is 0.207 bits per heavy atom. The quantitative estimate of drug-likeness (QED) is 0.0357. The van der Waals surface area contributed by atoms with Gasteiger partial charge in [-0.3, -0.25) is 0 Å². The highest BCUT2D eigenvalue weighted by atomic mass is 16.8. The minimum absolute atomic E-state index is 0.0683. The predicted molar refractivity (Wildman–Crippen MR) is 420 cm³/mol. The van der Waals surface area contributed by atoms with Crippen molar-refractivity contribution in [1.29, 1.82) is 0 Å². The Morgan fingerprint density at radius 2 is 0.450 bits per heavy atom. The first-order chi connectivity index (χ1) is 55.0. The molecule has 0 spiro atoms. The van der Waals surface area contributed by atoms with Gasteiger partial charge in [-0.2, -0.15) is 0 Å². The Kier molecular flexibility index (Phi) is 29.6. The minimum atomic E-state index is -1.87. The second-order valence-electron chi connectivity index (χ2n) is 28.0. The molecule has 3 aliphatic rings. The van der Waals surface area contributed by atoms with Gasteiger partial charge in [0.2, 0.25) is 5.79 Å². The van der Waals surface area contributed by atoms with Gasteiger partial charge >= 0.3 is 0 Å². The molecule has 16 nitrogen and oxygen atoms in total. The smallest absolute Gasteiger partial charge is 0.224 e. The van der Waals surface area contributed by atoms with Crippen LogP contribution in [0.2, 0.25) is 0 Å². The Bertz CT molecular complexity index is 4350. The molecule has 574 valence electrons. The summed E-state index contributed by atoms with van der Waals surface area (Å²) < 4.78 is 117. The summed E-state index contributed by atoms with van der Waals surface area (Å²) in [6.07, 6.45) is -12.7. The molecule has 0 radical (unpaired) electrons. The van der Waals surface area contributed by atoms with E-state index in [1.807, 2.05) is 334 Å². The summed E-state index contributed by atoms with van der Waals surface area (Å²) >= 11 is 0. The van der Waals surface area contributed by atoms with E-state index in [4.69, 9.17) is 75.8 Å². The third-order valence-electron chi connectivity index (χ3n) is 19.8. The van der Waals surface area contributed by atoms with E-state index in [1.54, 1.807) is 0 Å². The standard InChI is InChI=1S/C95H98O16/c1-12-34-71(35-13-1)56-96-67-82-85(99-59-74-40-18-4-19-41-74)88(102-62-77-46-24-7-25-47-77)90(104-64-79-50-28-9-29-51-79)93(108-82)107-69-83-86(100-60-75-42-20-5-21-43-75)89(103-63-78-48-26-8-27-49-78)91(105-65-80-52-30-10-31-53-80)94(109-83)111-95(70-98-58-73-38-16-3-17-39-73)92(106-66-81-54-32-11-33-55-81)87(101-61-76-44-22-6-23-45-76)84(110-95)68-97-57-72-36-14-2-15-37-72/h1-55,82-94H,56-70H2/t82-,83-,84-,85+,86-,87-,88+,89+,90-,91-,92+,93+,94-,95+/m1/s1. The fourth-order valence-electron chi connectivity index (χ4n) is 14.1. The molecule has 0 bridgehead atoms. The average molecular weight is 1500 g/mol. The highest BCUT2D eigenvalue weighted by Gasteiger charge is 2.62. The normalized spacial score (nSPS) is 23.8. The summed E-state index contributed by atoms with van der Waals surface area (Å²) in [7, 11) is 0. The van der Waals surface area contributed by atoms with Gasteiger partial charge in [-0.1, -0.05) is 334 Å². The van der Waals surface area contributed by atoms with Crippen LogP contribution in [0.5, 0.6) is 0 Å². The molecule has 0 unspecified atom stereocenters. The maximum Gasteiger partial charge on any atom is 0.224 e. The topological polar surface area (TPSA) is 148 Å². The first-order valence-corrected chi connectivity index (χ1v) is 38.4. The Hall–Kier alpha value is -9.22. The lowest BCUT2D eigenvalue weighted by atomic mass is 9.96. The van der Waals surface area contributed by atoms with Crippen LogP contribution in [0.4, 0.5) is 0 Å². The third-order valence-corrected chi connectivity index (χ3v) is 19.8. The van der Waals surface area contributed by atoms with Gasteiger partial charge in [-0.05, 0) is 61.2 Å². The van der Waals surface area contributed by atoms with Crippen molar-refractivity contribution >= 4 is 0 Å². The van der Waals surface area contributed by atoms with Crippen molar-refractivity contribution in [3.8, 4) is 0 Å². The maximum absolute atomic E-state index is 7.99. The average Bonchev–Trinajstić information content (AvgIpc) is 1.63. The van der Waals surface area contributed by atoms with Crippen LogP contribution in [0.1, 0.15) is 61.2 Å². The summed E-state index contributed by atoms with van der Waals surface area (Å²) in [4.78, 5) is 0. The van der Waals surface area contributed by atoms with Crippen molar-refractivity contribution < 1.29 is 75.8 Å². The van der Waals surface area contributed by atoms with E-state index in [0.717, 1.165) is 61.2 Å². The molecule has 0 N–H and O–H groups in total. The molecule has 0 aromatic heterocycles. The SMILES string of the molecule is c1ccc(COC[C@H]2O[C@H](OC[C@H]3O[C@H](O[C@]4(COCc5ccccc5)O[C@H](COCc5ccccc5)[C@@H](OCc5ccccc5)[C@@H]4OCc4ccccc4)[C@H](OCc4ccccc4)[C@@H](OCc4ccccc4)[C@@H]3OCc3ccccc3)[C@H](OCc3ccccc3)[C@@H](OCc3ccccc3)[C@H]2OCc2ccccc2)cc1. The molecule has 14 rings (SSSR count). The Morgan fingerprint density at radius 3 is 0.784 bits per heavy atom. The van der Waals surface area contributed by atoms with Crippen LogP contribution in [0.25, 0.3) is 0 Å².